The van der Waals surface area contributed by atoms with Gasteiger partial charge in [-0.25, -0.2) is 9.07 Å². The standard InChI is InChI=1S/C13H8F4N4/c14-9-4-10(18)8-2-1-3-19-11(8)12(9)21-6-7(5-20-21)13(15,16)17/h1-6H,18H2. The SMILES string of the molecule is Nc1cc(F)c(-n2cc(C(F)(F)F)cn2)c2ncccc12. The molecule has 3 aromatic rings. The maximum absolute atomic E-state index is 14.1. The summed E-state index contributed by atoms with van der Waals surface area (Å²) in [5, 5.41) is 4.01. The molecular weight excluding hydrogens is 288 g/mol. The van der Waals surface area contributed by atoms with Crippen LogP contribution in [0.25, 0.3) is 16.6 Å². The van der Waals surface area contributed by atoms with E-state index in [1.807, 2.05) is 0 Å². The number of aromatic nitrogens is 3. The van der Waals surface area contributed by atoms with Crippen LogP contribution in [0, 0.1) is 5.82 Å². The van der Waals surface area contributed by atoms with E-state index in [0.717, 1.165) is 10.7 Å². The largest absolute Gasteiger partial charge is 0.419 e. The number of fused-ring (bicyclic) bond motifs is 1. The maximum Gasteiger partial charge on any atom is 0.419 e. The topological polar surface area (TPSA) is 56.7 Å². The zero-order chi connectivity index (χ0) is 15.2. The van der Waals surface area contributed by atoms with Gasteiger partial charge >= 0.3 is 6.18 Å². The van der Waals surface area contributed by atoms with Crippen molar-refractivity contribution in [3.63, 3.8) is 0 Å². The summed E-state index contributed by atoms with van der Waals surface area (Å²) >= 11 is 0. The van der Waals surface area contributed by atoms with Crippen LogP contribution in [0.15, 0.2) is 36.8 Å². The minimum atomic E-state index is -4.55. The predicted octanol–water partition coefficient (Wildman–Crippen LogP) is 3.16. The number of nitrogen functional groups attached to an aromatic ring is 1. The molecule has 2 N–H and O–H groups in total. The fraction of sp³-hybridized carbons (Fsp3) is 0.0769. The fourth-order valence-corrected chi connectivity index (χ4v) is 2.03. The second-order valence-electron chi connectivity index (χ2n) is 4.37. The number of pyridine rings is 1. The average molecular weight is 296 g/mol. The number of nitrogens with two attached hydrogens (primary N) is 1. The van der Waals surface area contributed by atoms with E-state index in [1.165, 1.54) is 6.20 Å². The number of nitrogens with zero attached hydrogens (tertiary/aromatic N) is 3. The van der Waals surface area contributed by atoms with Gasteiger partial charge in [-0.15, -0.1) is 0 Å². The predicted molar refractivity (Wildman–Crippen MR) is 68.2 cm³/mol. The normalized spacial score (nSPS) is 12.0. The Bertz CT molecular complexity index is 823. The average Bonchev–Trinajstić information content (AvgIpc) is 2.88. The van der Waals surface area contributed by atoms with Crippen molar-refractivity contribution >= 4 is 16.6 Å². The molecule has 0 amide bonds. The van der Waals surface area contributed by atoms with E-state index in [2.05, 4.69) is 10.1 Å². The van der Waals surface area contributed by atoms with Crippen LogP contribution in [0.3, 0.4) is 0 Å². The van der Waals surface area contributed by atoms with Gasteiger partial charge < -0.3 is 5.73 Å². The van der Waals surface area contributed by atoms with Crippen molar-refractivity contribution in [1.82, 2.24) is 14.8 Å². The van der Waals surface area contributed by atoms with Crippen molar-refractivity contribution in [2.75, 3.05) is 5.73 Å². The molecule has 0 atom stereocenters. The van der Waals surface area contributed by atoms with Crippen LogP contribution in [0.4, 0.5) is 23.2 Å². The number of rotatable bonds is 1. The van der Waals surface area contributed by atoms with E-state index in [-0.39, 0.29) is 16.9 Å². The van der Waals surface area contributed by atoms with Gasteiger partial charge in [-0.05, 0) is 18.2 Å². The molecule has 0 fully saturated rings. The molecule has 0 bridgehead atoms. The van der Waals surface area contributed by atoms with Gasteiger partial charge in [-0.3, -0.25) is 4.98 Å². The van der Waals surface area contributed by atoms with E-state index in [1.54, 1.807) is 12.1 Å². The second-order valence-corrected chi connectivity index (χ2v) is 4.37. The van der Waals surface area contributed by atoms with Gasteiger partial charge in [0.15, 0.2) is 5.82 Å². The van der Waals surface area contributed by atoms with Crippen LogP contribution in [0.2, 0.25) is 0 Å². The lowest BCUT2D eigenvalue weighted by atomic mass is 10.1. The molecular formula is C13H8F4N4. The zero-order valence-electron chi connectivity index (χ0n) is 10.4. The van der Waals surface area contributed by atoms with Crippen molar-refractivity contribution < 1.29 is 17.6 Å². The first-order chi connectivity index (χ1) is 9.88. The molecule has 0 saturated heterocycles. The molecule has 3 rings (SSSR count). The van der Waals surface area contributed by atoms with Gasteiger partial charge in [0.05, 0.1) is 11.8 Å². The Hall–Kier alpha value is -2.64. The monoisotopic (exact) mass is 296 g/mol. The molecule has 0 radical (unpaired) electrons. The Morgan fingerprint density at radius 2 is 2.00 bits per heavy atom. The molecule has 0 unspecified atom stereocenters. The van der Waals surface area contributed by atoms with E-state index in [4.69, 9.17) is 5.73 Å². The van der Waals surface area contributed by atoms with Gasteiger partial charge in [-0.2, -0.15) is 18.3 Å². The summed E-state index contributed by atoms with van der Waals surface area (Å²) in [6.45, 7) is 0. The molecule has 4 nitrogen and oxygen atoms in total. The van der Waals surface area contributed by atoms with Crippen molar-refractivity contribution in [3.05, 3.63) is 48.2 Å². The van der Waals surface area contributed by atoms with Crippen LogP contribution in [0.5, 0.6) is 0 Å². The first kappa shape index (κ1) is 13.3. The van der Waals surface area contributed by atoms with Crippen LogP contribution in [-0.4, -0.2) is 14.8 Å². The summed E-state index contributed by atoms with van der Waals surface area (Å²) in [6.07, 6.45) is -1.81. The number of hydrogen-bond acceptors (Lipinski definition) is 3. The lowest BCUT2D eigenvalue weighted by Crippen LogP contribution is -2.05. The van der Waals surface area contributed by atoms with Crippen LogP contribution in [0.1, 0.15) is 5.56 Å². The van der Waals surface area contributed by atoms with Gasteiger partial charge in [0, 0.05) is 23.5 Å². The van der Waals surface area contributed by atoms with Crippen LogP contribution in [-0.2, 0) is 6.18 Å². The van der Waals surface area contributed by atoms with Crippen molar-refractivity contribution in [3.8, 4) is 5.69 Å². The third-order valence-corrected chi connectivity index (χ3v) is 2.99. The maximum atomic E-state index is 14.1. The minimum absolute atomic E-state index is 0.145. The summed E-state index contributed by atoms with van der Waals surface area (Å²) in [7, 11) is 0. The Labute approximate surface area is 115 Å². The van der Waals surface area contributed by atoms with Gasteiger partial charge in [0.25, 0.3) is 0 Å². The lowest BCUT2D eigenvalue weighted by molar-refractivity contribution is -0.137. The minimum Gasteiger partial charge on any atom is -0.398 e. The Kier molecular flexibility index (Phi) is 2.82. The van der Waals surface area contributed by atoms with Crippen LogP contribution < -0.4 is 5.73 Å². The summed E-state index contributed by atoms with van der Waals surface area (Å²) < 4.78 is 52.8. The van der Waals surface area contributed by atoms with E-state index >= 15 is 0 Å². The molecule has 0 aliphatic carbocycles. The van der Waals surface area contributed by atoms with Gasteiger partial charge in [-0.1, -0.05) is 0 Å². The molecule has 2 aromatic heterocycles. The van der Waals surface area contributed by atoms with Crippen molar-refractivity contribution in [2.24, 2.45) is 0 Å². The lowest BCUT2D eigenvalue weighted by Gasteiger charge is -2.09. The fourth-order valence-electron chi connectivity index (χ4n) is 2.03. The molecule has 0 saturated carbocycles. The number of hydrogen-bond donors (Lipinski definition) is 1. The highest BCUT2D eigenvalue weighted by atomic mass is 19.4. The van der Waals surface area contributed by atoms with E-state index in [9.17, 15) is 17.6 Å². The molecule has 0 aliphatic heterocycles. The highest BCUT2D eigenvalue weighted by molar-refractivity contribution is 5.95. The Morgan fingerprint density at radius 1 is 1.24 bits per heavy atom. The van der Waals surface area contributed by atoms with Crippen molar-refractivity contribution in [1.29, 1.82) is 0 Å². The molecule has 108 valence electrons. The first-order valence-corrected chi connectivity index (χ1v) is 5.83. The summed E-state index contributed by atoms with van der Waals surface area (Å²) in [5.74, 6) is -0.796. The van der Waals surface area contributed by atoms with E-state index in [0.29, 0.717) is 17.8 Å². The summed E-state index contributed by atoms with van der Waals surface area (Å²) in [4.78, 5) is 3.99. The molecule has 0 spiro atoms. The molecule has 0 aliphatic rings. The summed E-state index contributed by atoms with van der Waals surface area (Å²) in [5.41, 5.74) is 4.85. The smallest absolute Gasteiger partial charge is 0.398 e. The molecule has 2 heterocycles. The van der Waals surface area contributed by atoms with Gasteiger partial charge in [0.1, 0.15) is 11.2 Å². The summed E-state index contributed by atoms with van der Waals surface area (Å²) in [6, 6.07) is 4.24. The van der Waals surface area contributed by atoms with E-state index < -0.39 is 17.6 Å². The number of anilines is 1. The highest BCUT2D eigenvalue weighted by Crippen LogP contribution is 2.32. The first-order valence-electron chi connectivity index (χ1n) is 5.83. The number of benzene rings is 1. The van der Waals surface area contributed by atoms with Gasteiger partial charge in [0.2, 0.25) is 0 Å². The number of halogens is 4. The number of alkyl halides is 3. The molecule has 1 aromatic carbocycles. The third kappa shape index (κ3) is 2.18. The molecule has 8 heteroatoms. The molecule has 21 heavy (non-hydrogen) atoms. The zero-order valence-corrected chi connectivity index (χ0v) is 10.4. The van der Waals surface area contributed by atoms with Crippen molar-refractivity contribution in [2.45, 2.75) is 6.18 Å². The second kappa shape index (κ2) is 4.44. The Balaban J connectivity index is 2.28. The third-order valence-electron chi connectivity index (χ3n) is 2.99. The van der Waals surface area contributed by atoms with Crippen LogP contribution >= 0.6 is 0 Å². The Morgan fingerprint density at radius 3 is 2.67 bits per heavy atom. The quantitative estimate of drug-likeness (QED) is 0.554. The highest BCUT2D eigenvalue weighted by Gasteiger charge is 2.32.